The number of hydrogen-bond donors (Lipinski definition) is 2. The van der Waals surface area contributed by atoms with Crippen LogP contribution in [0.15, 0.2) is 12.1 Å². The zero-order valence-electron chi connectivity index (χ0n) is 9.09. The second-order valence-electron chi connectivity index (χ2n) is 3.40. The largest absolute Gasteiger partial charge is 0.496 e. The first-order chi connectivity index (χ1) is 6.60. The summed E-state index contributed by atoms with van der Waals surface area (Å²) in [6.07, 6.45) is 0. The van der Waals surface area contributed by atoms with Crippen LogP contribution in [0.4, 0.5) is 0 Å². The summed E-state index contributed by atoms with van der Waals surface area (Å²) < 4.78 is 5.37. The molecule has 0 spiro atoms. The minimum atomic E-state index is 0.0172. The third-order valence-corrected chi connectivity index (χ3v) is 2.76. The van der Waals surface area contributed by atoms with Crippen LogP contribution in [0.3, 0.4) is 0 Å². The third kappa shape index (κ3) is 2.22. The molecule has 1 atom stereocenters. The summed E-state index contributed by atoms with van der Waals surface area (Å²) in [5, 5.41) is 3.11. The molecule has 0 radical (unpaired) electrons. The Balaban J connectivity index is 3.24. The number of aryl methyl sites for hydroxylation is 2. The first-order valence-corrected chi connectivity index (χ1v) is 5.12. The zero-order valence-corrected chi connectivity index (χ0v) is 9.98. The van der Waals surface area contributed by atoms with Gasteiger partial charge in [-0.05, 0) is 32.5 Å². The van der Waals surface area contributed by atoms with Crippen molar-refractivity contribution in [2.45, 2.75) is 19.2 Å². The molecule has 0 aliphatic rings. The summed E-state index contributed by atoms with van der Waals surface area (Å²) in [7, 11) is 3.58. The average molecular weight is 211 g/mol. The number of nitrogens with one attached hydrogen (secondary N) is 1. The van der Waals surface area contributed by atoms with Gasteiger partial charge in [0.15, 0.2) is 0 Å². The second kappa shape index (κ2) is 4.71. The van der Waals surface area contributed by atoms with E-state index in [-0.39, 0.29) is 5.37 Å². The van der Waals surface area contributed by atoms with Gasteiger partial charge in [0.25, 0.3) is 0 Å². The Morgan fingerprint density at radius 2 is 2.00 bits per heavy atom. The standard InChI is InChI=1S/C11H17NOS/c1-7-5-8(2)10(13-4)9(6-7)11(14)12-3/h5-6,11-12,14H,1-4H3. The van der Waals surface area contributed by atoms with E-state index in [0.717, 1.165) is 16.9 Å². The number of hydrogen-bond acceptors (Lipinski definition) is 3. The van der Waals surface area contributed by atoms with Crippen LogP contribution in [0.1, 0.15) is 22.1 Å². The monoisotopic (exact) mass is 211 g/mol. The van der Waals surface area contributed by atoms with E-state index < -0.39 is 0 Å². The Hall–Kier alpha value is -0.670. The van der Waals surface area contributed by atoms with Gasteiger partial charge in [-0.2, -0.15) is 12.6 Å². The van der Waals surface area contributed by atoms with Crippen molar-refractivity contribution in [2.24, 2.45) is 0 Å². The van der Waals surface area contributed by atoms with E-state index in [1.807, 2.05) is 14.0 Å². The highest BCUT2D eigenvalue weighted by molar-refractivity contribution is 7.80. The number of ether oxygens (including phenoxy) is 1. The molecule has 0 aromatic heterocycles. The van der Waals surface area contributed by atoms with E-state index >= 15 is 0 Å². The molecule has 0 bridgehead atoms. The second-order valence-corrected chi connectivity index (χ2v) is 3.91. The van der Waals surface area contributed by atoms with Crippen LogP contribution in [0.25, 0.3) is 0 Å². The van der Waals surface area contributed by atoms with Crippen LogP contribution in [0.2, 0.25) is 0 Å². The van der Waals surface area contributed by atoms with Gasteiger partial charge in [0.2, 0.25) is 0 Å². The van der Waals surface area contributed by atoms with Crippen LogP contribution >= 0.6 is 12.6 Å². The fourth-order valence-electron chi connectivity index (χ4n) is 1.62. The van der Waals surface area contributed by atoms with Crippen LogP contribution in [0.5, 0.6) is 5.75 Å². The summed E-state index contributed by atoms with van der Waals surface area (Å²) in [4.78, 5) is 0. The topological polar surface area (TPSA) is 21.3 Å². The Bertz CT molecular complexity index is 325. The van der Waals surface area contributed by atoms with Crippen molar-refractivity contribution in [3.63, 3.8) is 0 Å². The normalized spacial score (nSPS) is 12.6. The Morgan fingerprint density at radius 1 is 1.36 bits per heavy atom. The molecular weight excluding hydrogens is 194 g/mol. The van der Waals surface area contributed by atoms with E-state index in [4.69, 9.17) is 4.74 Å². The Kier molecular flexibility index (Phi) is 3.84. The highest BCUT2D eigenvalue weighted by Crippen LogP contribution is 2.31. The predicted molar refractivity (Wildman–Crippen MR) is 63.3 cm³/mol. The van der Waals surface area contributed by atoms with E-state index in [1.54, 1.807) is 7.11 Å². The molecule has 0 saturated heterocycles. The summed E-state index contributed by atoms with van der Waals surface area (Å²) in [5.41, 5.74) is 3.47. The lowest BCUT2D eigenvalue weighted by atomic mass is 10.1. The first-order valence-electron chi connectivity index (χ1n) is 4.60. The minimum absolute atomic E-state index is 0.0172. The lowest BCUT2D eigenvalue weighted by molar-refractivity contribution is 0.405. The molecule has 0 aliphatic carbocycles. The molecule has 0 heterocycles. The van der Waals surface area contributed by atoms with E-state index in [9.17, 15) is 0 Å². The van der Waals surface area contributed by atoms with Crippen LogP contribution in [0, 0.1) is 13.8 Å². The van der Waals surface area contributed by atoms with Gasteiger partial charge in [0.05, 0.1) is 12.5 Å². The van der Waals surface area contributed by atoms with Gasteiger partial charge in [-0.25, -0.2) is 0 Å². The van der Waals surface area contributed by atoms with Crippen LogP contribution in [-0.4, -0.2) is 14.2 Å². The van der Waals surface area contributed by atoms with Gasteiger partial charge in [-0.15, -0.1) is 0 Å². The van der Waals surface area contributed by atoms with E-state index in [1.165, 1.54) is 5.56 Å². The zero-order chi connectivity index (χ0) is 10.7. The van der Waals surface area contributed by atoms with Crippen LogP contribution < -0.4 is 10.1 Å². The maximum absolute atomic E-state index is 5.37. The lowest BCUT2D eigenvalue weighted by Gasteiger charge is -2.17. The third-order valence-electron chi connectivity index (χ3n) is 2.22. The minimum Gasteiger partial charge on any atom is -0.496 e. The fourth-order valence-corrected chi connectivity index (χ4v) is 1.82. The molecule has 0 fully saturated rings. The number of methoxy groups -OCH3 is 1. The Labute approximate surface area is 91.1 Å². The Morgan fingerprint density at radius 3 is 2.50 bits per heavy atom. The smallest absolute Gasteiger partial charge is 0.127 e. The first kappa shape index (κ1) is 11.4. The van der Waals surface area contributed by atoms with Crippen molar-refractivity contribution in [3.05, 3.63) is 28.8 Å². The van der Waals surface area contributed by atoms with Gasteiger partial charge >= 0.3 is 0 Å². The molecule has 1 N–H and O–H groups in total. The summed E-state index contributed by atoms with van der Waals surface area (Å²) in [6, 6.07) is 4.21. The van der Waals surface area contributed by atoms with Crippen molar-refractivity contribution in [2.75, 3.05) is 14.2 Å². The molecule has 78 valence electrons. The van der Waals surface area contributed by atoms with Crippen molar-refractivity contribution < 1.29 is 4.74 Å². The van der Waals surface area contributed by atoms with Gasteiger partial charge in [-0.3, -0.25) is 0 Å². The molecule has 1 unspecified atom stereocenters. The molecule has 0 saturated carbocycles. The molecule has 1 aromatic carbocycles. The van der Waals surface area contributed by atoms with Crippen molar-refractivity contribution >= 4 is 12.6 Å². The van der Waals surface area contributed by atoms with Gasteiger partial charge in [0.1, 0.15) is 5.75 Å². The van der Waals surface area contributed by atoms with Crippen molar-refractivity contribution in [3.8, 4) is 5.75 Å². The number of benzene rings is 1. The maximum atomic E-state index is 5.37. The maximum Gasteiger partial charge on any atom is 0.127 e. The molecule has 0 aliphatic heterocycles. The lowest BCUT2D eigenvalue weighted by Crippen LogP contribution is -2.12. The average Bonchev–Trinajstić information content (AvgIpc) is 2.15. The van der Waals surface area contributed by atoms with Crippen molar-refractivity contribution in [1.29, 1.82) is 0 Å². The molecule has 14 heavy (non-hydrogen) atoms. The van der Waals surface area contributed by atoms with Gasteiger partial charge in [0, 0.05) is 5.56 Å². The van der Waals surface area contributed by atoms with Crippen molar-refractivity contribution in [1.82, 2.24) is 5.32 Å². The quantitative estimate of drug-likeness (QED) is 0.592. The number of rotatable bonds is 3. The summed E-state index contributed by atoms with van der Waals surface area (Å²) in [5.74, 6) is 0.921. The van der Waals surface area contributed by atoms with Crippen LogP contribution in [-0.2, 0) is 0 Å². The highest BCUT2D eigenvalue weighted by atomic mass is 32.1. The van der Waals surface area contributed by atoms with E-state index in [0.29, 0.717) is 0 Å². The molecule has 1 aromatic rings. The molecular formula is C11H17NOS. The molecule has 1 rings (SSSR count). The highest BCUT2D eigenvalue weighted by Gasteiger charge is 2.12. The molecule has 0 amide bonds. The van der Waals surface area contributed by atoms with E-state index in [2.05, 4.69) is 37.0 Å². The predicted octanol–water partition coefficient (Wildman–Crippen LogP) is 2.46. The van der Waals surface area contributed by atoms with Gasteiger partial charge < -0.3 is 10.1 Å². The molecule has 3 heteroatoms. The summed E-state index contributed by atoms with van der Waals surface area (Å²) >= 11 is 4.45. The molecule has 2 nitrogen and oxygen atoms in total. The van der Waals surface area contributed by atoms with Gasteiger partial charge in [-0.1, -0.05) is 11.6 Å². The SMILES string of the molecule is CNC(S)c1cc(C)cc(C)c1OC. The number of thiol groups is 1. The fraction of sp³-hybridized carbons (Fsp3) is 0.455. The summed E-state index contributed by atoms with van der Waals surface area (Å²) in [6.45, 7) is 4.12.